The molecule has 4 aromatic rings. The molecule has 2 amide bonds. The van der Waals surface area contributed by atoms with Crippen molar-refractivity contribution >= 4 is 29.0 Å². The molecule has 1 spiro atoms. The summed E-state index contributed by atoms with van der Waals surface area (Å²) in [7, 11) is 5.14. The number of rotatable bonds is 7. The van der Waals surface area contributed by atoms with Crippen molar-refractivity contribution in [2.24, 2.45) is 5.92 Å². The van der Waals surface area contributed by atoms with Crippen molar-refractivity contribution in [1.29, 1.82) is 0 Å². The van der Waals surface area contributed by atoms with Gasteiger partial charge in [-0.3, -0.25) is 19.3 Å². The fraction of sp³-hybridized carbons (Fsp3) is 0.250. The standard InChI is InChI=1S/C36H33N3O5/c1-38-21-36(27-11-7-8-12-28(27)37-35(36)42)30(33(40)23-13-17-25(43-2)18-14-23)32(38)31-29(22-9-5-4-6-10-22)34(41)39(31)24-15-19-26(44-3)20-16-24/h4-20,29-32H,21H2,1-3H3,(H,37,42)/t29-,30-,31-,32-,36+/m0/s1. The smallest absolute Gasteiger partial charge is 0.237 e. The monoisotopic (exact) mass is 587 g/mol. The average Bonchev–Trinajstić information content (AvgIpc) is 3.52. The number of carbonyl (C=O) groups is 3. The van der Waals surface area contributed by atoms with Crippen molar-refractivity contribution in [3.8, 4) is 11.5 Å². The lowest BCUT2D eigenvalue weighted by atomic mass is 9.64. The van der Waals surface area contributed by atoms with Gasteiger partial charge in [0, 0.05) is 29.5 Å². The van der Waals surface area contributed by atoms with Crippen LogP contribution in [0.4, 0.5) is 11.4 Å². The van der Waals surface area contributed by atoms with Gasteiger partial charge in [0.05, 0.1) is 32.1 Å². The maximum Gasteiger partial charge on any atom is 0.237 e. The number of carbonyl (C=O) groups excluding carboxylic acids is 3. The van der Waals surface area contributed by atoms with Gasteiger partial charge >= 0.3 is 0 Å². The summed E-state index contributed by atoms with van der Waals surface area (Å²) in [6, 6.07) is 30.9. The van der Waals surface area contributed by atoms with Crippen LogP contribution in [-0.4, -0.2) is 62.4 Å². The number of para-hydroxylation sites is 1. The predicted molar refractivity (Wildman–Crippen MR) is 167 cm³/mol. The van der Waals surface area contributed by atoms with E-state index in [-0.39, 0.29) is 17.6 Å². The van der Waals surface area contributed by atoms with E-state index in [1.807, 2.05) is 85.9 Å². The Labute approximate surface area is 256 Å². The second-order valence-corrected chi connectivity index (χ2v) is 11.7. The van der Waals surface area contributed by atoms with Crippen LogP contribution in [0.2, 0.25) is 0 Å². The number of amides is 2. The maximum atomic E-state index is 14.8. The molecule has 222 valence electrons. The molecule has 2 saturated heterocycles. The van der Waals surface area contributed by atoms with Gasteiger partial charge in [-0.1, -0.05) is 48.5 Å². The highest BCUT2D eigenvalue weighted by Crippen LogP contribution is 2.55. The van der Waals surface area contributed by atoms with Crippen molar-refractivity contribution in [1.82, 2.24) is 4.90 Å². The quantitative estimate of drug-likeness (QED) is 0.244. The second kappa shape index (κ2) is 10.6. The lowest BCUT2D eigenvalue weighted by Crippen LogP contribution is -2.68. The number of Topliss-reactive ketones (excluding diaryl/α,β-unsaturated/α-hetero) is 1. The fourth-order valence-electron chi connectivity index (χ4n) is 7.62. The van der Waals surface area contributed by atoms with Crippen LogP contribution < -0.4 is 19.7 Å². The van der Waals surface area contributed by atoms with Crippen LogP contribution in [0.3, 0.4) is 0 Å². The third-order valence-electron chi connectivity index (χ3n) is 9.60. The first-order valence-corrected chi connectivity index (χ1v) is 14.7. The van der Waals surface area contributed by atoms with Crippen LogP contribution in [0.5, 0.6) is 11.5 Å². The van der Waals surface area contributed by atoms with Crippen LogP contribution in [0, 0.1) is 5.92 Å². The Morgan fingerprint density at radius 3 is 2.07 bits per heavy atom. The summed E-state index contributed by atoms with van der Waals surface area (Å²) < 4.78 is 10.7. The van der Waals surface area contributed by atoms with Crippen molar-refractivity contribution in [3.05, 3.63) is 120 Å². The Hall–Kier alpha value is -4.95. The number of hydrogen-bond donors (Lipinski definition) is 1. The zero-order valence-corrected chi connectivity index (χ0v) is 24.8. The highest BCUT2D eigenvalue weighted by molar-refractivity contribution is 6.13. The van der Waals surface area contributed by atoms with Crippen LogP contribution in [0.25, 0.3) is 0 Å². The molecule has 3 heterocycles. The molecule has 0 saturated carbocycles. The number of nitrogens with zero attached hydrogens (tertiary/aromatic N) is 2. The minimum absolute atomic E-state index is 0.0485. The Morgan fingerprint density at radius 2 is 1.41 bits per heavy atom. The lowest BCUT2D eigenvalue weighted by Gasteiger charge is -2.52. The second-order valence-electron chi connectivity index (χ2n) is 11.7. The topological polar surface area (TPSA) is 88.2 Å². The van der Waals surface area contributed by atoms with E-state index in [1.165, 1.54) is 0 Å². The number of hydrogen-bond acceptors (Lipinski definition) is 6. The molecule has 0 aliphatic carbocycles. The molecule has 0 bridgehead atoms. The summed E-state index contributed by atoms with van der Waals surface area (Å²) in [5.41, 5.74) is 2.48. The number of nitrogens with one attached hydrogen (secondary N) is 1. The Balaban J connectivity index is 1.41. The minimum Gasteiger partial charge on any atom is -0.497 e. The third-order valence-corrected chi connectivity index (χ3v) is 9.60. The zero-order chi connectivity index (χ0) is 30.6. The molecule has 1 N–H and O–H groups in total. The normalized spacial score (nSPS) is 25.8. The predicted octanol–water partition coefficient (Wildman–Crippen LogP) is 4.91. The summed E-state index contributed by atoms with van der Waals surface area (Å²) in [5, 5.41) is 3.08. The van der Waals surface area contributed by atoms with Crippen molar-refractivity contribution in [3.63, 3.8) is 0 Å². The lowest BCUT2D eigenvalue weighted by molar-refractivity contribution is -0.127. The number of methoxy groups -OCH3 is 2. The van der Waals surface area contributed by atoms with E-state index < -0.39 is 29.3 Å². The highest BCUT2D eigenvalue weighted by atomic mass is 16.5. The molecule has 0 radical (unpaired) electrons. The molecule has 2 fully saturated rings. The van der Waals surface area contributed by atoms with Gasteiger partial charge in [-0.15, -0.1) is 0 Å². The van der Waals surface area contributed by atoms with E-state index in [0.29, 0.717) is 29.3 Å². The molecular weight excluding hydrogens is 554 g/mol. The summed E-state index contributed by atoms with van der Waals surface area (Å²) in [6.07, 6.45) is 0. The van der Waals surface area contributed by atoms with Gasteiger partial charge in [0.1, 0.15) is 16.9 Å². The molecule has 8 nitrogen and oxygen atoms in total. The molecule has 5 atom stereocenters. The summed E-state index contributed by atoms with van der Waals surface area (Å²) >= 11 is 0. The van der Waals surface area contributed by atoms with Crippen LogP contribution in [0.15, 0.2) is 103 Å². The molecule has 4 aromatic carbocycles. The van der Waals surface area contributed by atoms with Gasteiger partial charge in [-0.05, 0) is 72.8 Å². The zero-order valence-electron chi connectivity index (χ0n) is 24.8. The summed E-state index contributed by atoms with van der Waals surface area (Å²) in [4.78, 5) is 47.0. The van der Waals surface area contributed by atoms with Gasteiger partial charge in [0.25, 0.3) is 0 Å². The first-order chi connectivity index (χ1) is 21.4. The van der Waals surface area contributed by atoms with E-state index in [1.54, 1.807) is 43.4 Å². The Bertz CT molecular complexity index is 1740. The number of anilines is 2. The number of likely N-dealkylation sites (tertiary alicyclic amines) is 1. The van der Waals surface area contributed by atoms with E-state index in [2.05, 4.69) is 10.2 Å². The number of β-lactam (4-membered cyclic amide) rings is 1. The molecule has 3 aliphatic heterocycles. The van der Waals surface area contributed by atoms with Crippen LogP contribution in [-0.2, 0) is 15.0 Å². The largest absolute Gasteiger partial charge is 0.497 e. The SMILES string of the molecule is COc1ccc(C(=O)[C@@H]2[C@@H]([C@@H]3[C@H](c4ccccc4)C(=O)N3c3ccc(OC)cc3)N(C)C[C@]23C(=O)Nc2ccccc23)cc1. The van der Waals surface area contributed by atoms with E-state index in [4.69, 9.17) is 9.47 Å². The average molecular weight is 588 g/mol. The van der Waals surface area contributed by atoms with Gasteiger partial charge in [-0.2, -0.15) is 0 Å². The van der Waals surface area contributed by atoms with E-state index in [0.717, 1.165) is 16.8 Å². The van der Waals surface area contributed by atoms with Gasteiger partial charge < -0.3 is 19.7 Å². The van der Waals surface area contributed by atoms with E-state index >= 15 is 0 Å². The molecule has 7 rings (SSSR count). The molecule has 44 heavy (non-hydrogen) atoms. The minimum atomic E-state index is -1.14. The van der Waals surface area contributed by atoms with E-state index in [9.17, 15) is 14.4 Å². The van der Waals surface area contributed by atoms with Crippen molar-refractivity contribution in [2.45, 2.75) is 23.4 Å². The number of fused-ring (bicyclic) bond motifs is 2. The molecule has 3 aliphatic rings. The number of ether oxygens (including phenoxy) is 2. The number of benzene rings is 4. The number of likely N-dealkylation sites (N-methyl/N-ethyl adjacent to an activating group) is 1. The Kier molecular flexibility index (Phi) is 6.74. The Morgan fingerprint density at radius 1 is 0.795 bits per heavy atom. The van der Waals surface area contributed by atoms with Crippen LogP contribution >= 0.6 is 0 Å². The number of ketones is 1. The molecule has 0 unspecified atom stereocenters. The van der Waals surface area contributed by atoms with Gasteiger partial charge in [-0.25, -0.2) is 0 Å². The molecule has 0 aromatic heterocycles. The molecular formula is C36H33N3O5. The van der Waals surface area contributed by atoms with Crippen molar-refractivity contribution < 1.29 is 23.9 Å². The van der Waals surface area contributed by atoms with Crippen LogP contribution in [0.1, 0.15) is 27.4 Å². The maximum absolute atomic E-state index is 14.8. The first-order valence-electron chi connectivity index (χ1n) is 14.7. The first kappa shape index (κ1) is 27.9. The third kappa shape index (κ3) is 4.05. The van der Waals surface area contributed by atoms with Crippen molar-refractivity contribution in [2.75, 3.05) is 38.0 Å². The highest BCUT2D eigenvalue weighted by Gasteiger charge is 2.68. The summed E-state index contributed by atoms with van der Waals surface area (Å²) in [5.74, 6) is -0.345. The van der Waals surface area contributed by atoms with Gasteiger partial charge in [0.2, 0.25) is 11.8 Å². The summed E-state index contributed by atoms with van der Waals surface area (Å²) in [6.45, 7) is 0.329. The van der Waals surface area contributed by atoms with Gasteiger partial charge in [0.15, 0.2) is 5.78 Å². The molecule has 8 heteroatoms. The fourth-order valence-corrected chi connectivity index (χ4v) is 7.62.